The Labute approximate surface area is 152 Å². The fraction of sp³-hybridized carbons (Fsp3) is 0.526. The summed E-state index contributed by atoms with van der Waals surface area (Å²) in [6.45, 7) is 1.63. The summed E-state index contributed by atoms with van der Waals surface area (Å²) in [6, 6.07) is 11.2. The number of carbonyl (C=O) groups excluding carboxylic acids is 1. The molecule has 2 aromatic rings. The smallest absolute Gasteiger partial charge is 0.246 e. The van der Waals surface area contributed by atoms with Gasteiger partial charge in [0.05, 0.1) is 12.5 Å². The maximum absolute atomic E-state index is 12.8. The van der Waals surface area contributed by atoms with Crippen molar-refractivity contribution in [3.63, 3.8) is 0 Å². The van der Waals surface area contributed by atoms with Crippen LogP contribution in [0.1, 0.15) is 42.6 Å². The molecule has 0 saturated carbocycles. The van der Waals surface area contributed by atoms with E-state index >= 15 is 0 Å². The second-order valence-corrected chi connectivity index (χ2v) is 6.97. The van der Waals surface area contributed by atoms with Crippen LogP contribution in [-0.4, -0.2) is 40.6 Å². The normalized spacial score (nSPS) is 25.3. The van der Waals surface area contributed by atoms with Gasteiger partial charge in [0.15, 0.2) is 5.82 Å². The number of carbonyl (C=O) groups is 1. The lowest BCUT2D eigenvalue weighted by Crippen LogP contribution is -2.37. The number of fused-ring (bicyclic) bond motifs is 1. The van der Waals surface area contributed by atoms with E-state index in [1.54, 1.807) is 7.11 Å². The van der Waals surface area contributed by atoms with Crippen LogP contribution >= 0.6 is 0 Å². The number of aromatic nitrogens is 2. The Kier molecular flexibility index (Phi) is 4.99. The predicted octanol–water partition coefficient (Wildman–Crippen LogP) is 2.06. The summed E-state index contributed by atoms with van der Waals surface area (Å²) >= 11 is 0. The van der Waals surface area contributed by atoms with E-state index in [2.05, 4.69) is 44.6 Å². The van der Waals surface area contributed by atoms with E-state index in [0.717, 1.165) is 25.8 Å². The highest BCUT2D eigenvalue weighted by Gasteiger charge is 2.46. The molecule has 2 unspecified atom stereocenters. The maximum Gasteiger partial charge on any atom is 0.246 e. The quantitative estimate of drug-likeness (QED) is 0.853. The molecular weight excluding hydrogens is 332 g/mol. The molecule has 0 spiro atoms. The third-order valence-electron chi connectivity index (χ3n) is 5.40. The standard InChI is InChI=1S/C19H24N4O3/c1-25-12-17-21-18(26-22-17)11-20-19(24)14-10-16(13-6-3-2-4-7-13)23-9-5-8-15(14)23/h2-4,6-7,14-16H,5,8-12H2,1H3,(H,20,24)/t14?,15-,16?/m0/s1. The summed E-state index contributed by atoms with van der Waals surface area (Å²) in [5.74, 6) is 0.978. The highest BCUT2D eigenvalue weighted by atomic mass is 16.5. The average molecular weight is 356 g/mol. The molecule has 1 N–H and O–H groups in total. The summed E-state index contributed by atoms with van der Waals surface area (Å²) in [5.41, 5.74) is 1.30. The van der Waals surface area contributed by atoms with Crippen molar-refractivity contribution >= 4 is 5.91 Å². The highest BCUT2D eigenvalue weighted by Crippen LogP contribution is 2.44. The molecule has 26 heavy (non-hydrogen) atoms. The molecule has 4 rings (SSSR count). The molecule has 2 aliphatic heterocycles. The van der Waals surface area contributed by atoms with Gasteiger partial charge in [0.2, 0.25) is 11.8 Å². The van der Waals surface area contributed by atoms with Crippen LogP contribution < -0.4 is 5.32 Å². The lowest BCUT2D eigenvalue weighted by molar-refractivity contribution is -0.125. The van der Waals surface area contributed by atoms with Crippen molar-refractivity contribution in [2.24, 2.45) is 5.92 Å². The number of nitrogens with zero attached hydrogens (tertiary/aromatic N) is 3. The highest BCUT2D eigenvalue weighted by molar-refractivity contribution is 5.80. The number of nitrogens with one attached hydrogen (secondary N) is 1. The Bertz CT molecular complexity index is 748. The van der Waals surface area contributed by atoms with E-state index in [0.29, 0.717) is 30.4 Å². The Balaban J connectivity index is 1.41. The molecule has 7 nitrogen and oxygen atoms in total. The van der Waals surface area contributed by atoms with Crippen LogP contribution in [0.3, 0.4) is 0 Å². The number of methoxy groups -OCH3 is 1. The van der Waals surface area contributed by atoms with Crippen LogP contribution in [-0.2, 0) is 22.7 Å². The zero-order valence-electron chi connectivity index (χ0n) is 14.9. The van der Waals surface area contributed by atoms with E-state index in [4.69, 9.17) is 9.26 Å². The Morgan fingerprint density at radius 1 is 1.38 bits per heavy atom. The molecule has 0 radical (unpaired) electrons. The van der Waals surface area contributed by atoms with E-state index < -0.39 is 0 Å². The van der Waals surface area contributed by atoms with Gasteiger partial charge in [-0.1, -0.05) is 35.5 Å². The van der Waals surface area contributed by atoms with Gasteiger partial charge < -0.3 is 14.6 Å². The summed E-state index contributed by atoms with van der Waals surface area (Å²) in [7, 11) is 1.58. The Morgan fingerprint density at radius 2 is 2.23 bits per heavy atom. The molecule has 2 aliphatic rings. The SMILES string of the molecule is COCc1noc(CNC(=O)C2CC(c3ccccc3)N3CCC[C@@H]23)n1. The maximum atomic E-state index is 12.8. The van der Waals surface area contributed by atoms with Crippen molar-refractivity contribution in [1.82, 2.24) is 20.4 Å². The zero-order valence-corrected chi connectivity index (χ0v) is 14.9. The van der Waals surface area contributed by atoms with Crippen molar-refractivity contribution in [2.45, 2.75) is 44.5 Å². The van der Waals surface area contributed by atoms with Crippen molar-refractivity contribution in [3.05, 3.63) is 47.6 Å². The Morgan fingerprint density at radius 3 is 3.04 bits per heavy atom. The molecule has 1 aromatic carbocycles. The van der Waals surface area contributed by atoms with E-state index in [1.807, 2.05) is 6.07 Å². The number of benzene rings is 1. The summed E-state index contributed by atoms with van der Waals surface area (Å²) in [6.07, 6.45) is 3.10. The monoisotopic (exact) mass is 356 g/mol. The van der Waals surface area contributed by atoms with Crippen molar-refractivity contribution < 1.29 is 14.1 Å². The van der Waals surface area contributed by atoms with Gasteiger partial charge in [0, 0.05) is 19.2 Å². The second kappa shape index (κ2) is 7.55. The van der Waals surface area contributed by atoms with E-state index in [1.165, 1.54) is 5.56 Å². The van der Waals surface area contributed by atoms with Gasteiger partial charge >= 0.3 is 0 Å². The van der Waals surface area contributed by atoms with Crippen LogP contribution in [0.25, 0.3) is 0 Å². The summed E-state index contributed by atoms with van der Waals surface area (Å²) < 4.78 is 10.1. The minimum absolute atomic E-state index is 0.00377. The summed E-state index contributed by atoms with van der Waals surface area (Å²) in [4.78, 5) is 19.5. The van der Waals surface area contributed by atoms with Gasteiger partial charge in [-0.25, -0.2) is 0 Å². The third kappa shape index (κ3) is 3.37. The molecule has 0 bridgehead atoms. The molecule has 1 amide bonds. The minimum atomic E-state index is 0.00377. The van der Waals surface area contributed by atoms with Gasteiger partial charge in [0.25, 0.3) is 0 Å². The molecule has 7 heteroatoms. The lowest BCUT2D eigenvalue weighted by atomic mass is 9.93. The van der Waals surface area contributed by atoms with E-state index in [-0.39, 0.29) is 18.4 Å². The van der Waals surface area contributed by atoms with Crippen molar-refractivity contribution in [2.75, 3.05) is 13.7 Å². The van der Waals surface area contributed by atoms with Gasteiger partial charge in [-0.2, -0.15) is 4.98 Å². The number of rotatable bonds is 6. The van der Waals surface area contributed by atoms with Crippen LogP contribution in [0.15, 0.2) is 34.9 Å². The molecular formula is C19H24N4O3. The molecule has 2 fully saturated rings. The first-order valence-corrected chi connectivity index (χ1v) is 9.15. The molecule has 0 aliphatic carbocycles. The second-order valence-electron chi connectivity index (χ2n) is 6.97. The fourth-order valence-electron chi connectivity index (χ4n) is 4.29. The van der Waals surface area contributed by atoms with Crippen LogP contribution in [0, 0.1) is 5.92 Å². The predicted molar refractivity (Wildman–Crippen MR) is 93.9 cm³/mol. The first-order valence-electron chi connectivity index (χ1n) is 9.15. The average Bonchev–Trinajstić information content (AvgIpc) is 3.37. The van der Waals surface area contributed by atoms with Crippen LogP contribution in [0.5, 0.6) is 0 Å². The van der Waals surface area contributed by atoms with E-state index in [9.17, 15) is 4.79 Å². The number of ether oxygens (including phenoxy) is 1. The van der Waals surface area contributed by atoms with Crippen LogP contribution in [0.4, 0.5) is 0 Å². The number of hydrogen-bond acceptors (Lipinski definition) is 6. The van der Waals surface area contributed by atoms with Crippen molar-refractivity contribution in [1.29, 1.82) is 0 Å². The van der Waals surface area contributed by atoms with Gasteiger partial charge in [0.1, 0.15) is 6.61 Å². The van der Waals surface area contributed by atoms with Gasteiger partial charge in [-0.3, -0.25) is 9.69 Å². The Hall–Kier alpha value is -2.25. The summed E-state index contributed by atoms with van der Waals surface area (Å²) in [5, 5.41) is 6.79. The minimum Gasteiger partial charge on any atom is -0.377 e. The lowest BCUT2D eigenvalue weighted by Gasteiger charge is -2.24. The zero-order chi connectivity index (χ0) is 17.9. The molecule has 3 atom stereocenters. The van der Waals surface area contributed by atoms with Crippen molar-refractivity contribution in [3.8, 4) is 0 Å². The largest absolute Gasteiger partial charge is 0.377 e. The molecule has 3 heterocycles. The van der Waals surface area contributed by atoms with Crippen LogP contribution in [0.2, 0.25) is 0 Å². The fourth-order valence-corrected chi connectivity index (χ4v) is 4.29. The number of hydrogen-bond donors (Lipinski definition) is 1. The molecule has 1 aromatic heterocycles. The number of amides is 1. The van der Waals surface area contributed by atoms with Gasteiger partial charge in [-0.15, -0.1) is 0 Å². The molecule has 2 saturated heterocycles. The first kappa shape index (κ1) is 17.2. The van der Waals surface area contributed by atoms with Gasteiger partial charge in [-0.05, 0) is 31.4 Å². The topological polar surface area (TPSA) is 80.5 Å². The third-order valence-corrected chi connectivity index (χ3v) is 5.40. The molecule has 138 valence electrons. The first-order chi connectivity index (χ1) is 12.8.